The molecule has 4 heteroatoms. The van der Waals surface area contributed by atoms with Crippen molar-refractivity contribution in [2.45, 2.75) is 0 Å². The molecule has 0 N–H and O–H groups in total. The van der Waals surface area contributed by atoms with E-state index in [1.165, 1.54) is 0 Å². The van der Waals surface area contributed by atoms with Gasteiger partial charge in [-0.15, -0.1) is 0 Å². The fraction of sp³-hybridized carbons (Fsp3) is 0. The number of carbonyl (C=O) groups is 2. The summed E-state index contributed by atoms with van der Waals surface area (Å²) in [6, 6.07) is 0. The lowest BCUT2D eigenvalue weighted by Crippen LogP contribution is -1.91. The van der Waals surface area contributed by atoms with Crippen molar-refractivity contribution < 1.29 is 14.2 Å². The van der Waals surface area contributed by atoms with Crippen LogP contribution < -0.4 is 0 Å². The fourth-order valence-electron chi connectivity index (χ4n) is 0.274. The van der Waals surface area contributed by atoms with Crippen LogP contribution in [-0.2, 0) is 14.2 Å². The standard InChI is InChI=1S/C6H6O3P/c1-3-5(7)10(9)6(8)4-2/h3-4H,1-2H2/q+1. The van der Waals surface area contributed by atoms with Crippen molar-refractivity contribution >= 4 is 18.8 Å². The smallest absolute Gasteiger partial charge is 0.234 e. The van der Waals surface area contributed by atoms with Crippen LogP contribution >= 0.6 is 7.80 Å². The van der Waals surface area contributed by atoms with Crippen molar-refractivity contribution in [3.05, 3.63) is 25.3 Å². The summed E-state index contributed by atoms with van der Waals surface area (Å²) < 4.78 is 10.6. The molecule has 0 rings (SSSR count). The second-order valence-electron chi connectivity index (χ2n) is 1.38. The average molecular weight is 157 g/mol. The first-order valence-electron chi connectivity index (χ1n) is 2.43. The van der Waals surface area contributed by atoms with Crippen LogP contribution in [0.15, 0.2) is 25.3 Å². The topological polar surface area (TPSA) is 51.2 Å². The predicted molar refractivity (Wildman–Crippen MR) is 38.0 cm³/mol. The first kappa shape index (κ1) is 8.92. The lowest BCUT2D eigenvalue weighted by molar-refractivity contribution is -0.110. The number of hydrogen-bond donors (Lipinski definition) is 0. The molecule has 0 unspecified atom stereocenters. The molecule has 0 radical (unpaired) electrons. The SMILES string of the molecule is C=CC(=O)[P+](=O)C(=O)C=C. The van der Waals surface area contributed by atoms with Gasteiger partial charge in [-0.25, -0.2) is 9.59 Å². The molecule has 0 aliphatic rings. The van der Waals surface area contributed by atoms with Gasteiger partial charge in [0.25, 0.3) is 0 Å². The molecule has 52 valence electrons. The molecular weight excluding hydrogens is 151 g/mol. The molecule has 10 heavy (non-hydrogen) atoms. The molecule has 0 spiro atoms. The van der Waals surface area contributed by atoms with Gasteiger partial charge in [-0.2, -0.15) is 0 Å². The Morgan fingerprint density at radius 2 is 1.40 bits per heavy atom. The van der Waals surface area contributed by atoms with Gasteiger partial charge >= 0.3 is 18.8 Å². The van der Waals surface area contributed by atoms with Crippen LogP contribution in [0, 0.1) is 0 Å². The third-order valence-corrected chi connectivity index (χ3v) is 1.92. The minimum Gasteiger partial charge on any atom is -0.234 e. The Bertz CT molecular complexity index is 195. The van der Waals surface area contributed by atoms with Crippen LogP contribution in [0.3, 0.4) is 0 Å². The number of carbonyl (C=O) groups excluding carboxylic acids is 2. The maximum atomic E-state index is 10.6. The van der Waals surface area contributed by atoms with Crippen LogP contribution in [0.4, 0.5) is 0 Å². The normalized spacial score (nSPS) is 8.00. The van der Waals surface area contributed by atoms with Crippen molar-refractivity contribution in [1.82, 2.24) is 0 Å². The van der Waals surface area contributed by atoms with Gasteiger partial charge in [0.05, 0.1) is 0 Å². The quantitative estimate of drug-likeness (QED) is 0.455. The van der Waals surface area contributed by atoms with E-state index in [9.17, 15) is 14.2 Å². The molecule has 0 aliphatic carbocycles. The Morgan fingerprint density at radius 3 is 1.60 bits per heavy atom. The number of hydrogen-bond acceptors (Lipinski definition) is 3. The molecule has 0 bridgehead atoms. The number of allylic oxidation sites excluding steroid dienone is 2. The summed E-state index contributed by atoms with van der Waals surface area (Å²) >= 11 is 0. The summed E-state index contributed by atoms with van der Waals surface area (Å²) in [5, 5.41) is 0. The molecular formula is C6H6O3P+. The van der Waals surface area contributed by atoms with Crippen LogP contribution in [-0.4, -0.2) is 11.0 Å². The summed E-state index contributed by atoms with van der Waals surface area (Å²) in [6.07, 6.45) is 1.72. The Hall–Kier alpha value is -1.08. The minimum atomic E-state index is -2.47. The van der Waals surface area contributed by atoms with E-state index < -0.39 is 18.8 Å². The van der Waals surface area contributed by atoms with E-state index in [1.54, 1.807) is 0 Å². The second kappa shape index (κ2) is 3.85. The largest absolute Gasteiger partial charge is 0.500 e. The van der Waals surface area contributed by atoms with Crippen LogP contribution in [0.25, 0.3) is 0 Å². The van der Waals surface area contributed by atoms with E-state index in [-0.39, 0.29) is 0 Å². The maximum absolute atomic E-state index is 10.6. The Labute approximate surface area is 59.2 Å². The molecule has 0 heterocycles. The summed E-state index contributed by atoms with van der Waals surface area (Å²) in [4.78, 5) is 20.9. The molecule has 0 aromatic heterocycles. The molecule has 0 aromatic rings. The molecule has 0 atom stereocenters. The highest BCUT2D eigenvalue weighted by molar-refractivity contribution is 7.80. The highest BCUT2D eigenvalue weighted by Gasteiger charge is 2.32. The van der Waals surface area contributed by atoms with Gasteiger partial charge < -0.3 is 0 Å². The maximum Gasteiger partial charge on any atom is 0.500 e. The third-order valence-electron chi connectivity index (χ3n) is 0.750. The van der Waals surface area contributed by atoms with Gasteiger partial charge in [0, 0.05) is 12.2 Å². The molecule has 0 aliphatic heterocycles. The summed E-state index contributed by atoms with van der Waals surface area (Å²) in [5.74, 6) is 0. The highest BCUT2D eigenvalue weighted by Crippen LogP contribution is 2.23. The van der Waals surface area contributed by atoms with E-state index >= 15 is 0 Å². The zero-order valence-electron chi connectivity index (χ0n) is 5.24. The van der Waals surface area contributed by atoms with Crippen molar-refractivity contribution in [2.75, 3.05) is 0 Å². The van der Waals surface area contributed by atoms with Gasteiger partial charge in [-0.3, -0.25) is 0 Å². The Kier molecular flexibility index (Phi) is 3.44. The van der Waals surface area contributed by atoms with E-state index in [2.05, 4.69) is 13.2 Å². The van der Waals surface area contributed by atoms with Gasteiger partial charge in [-0.05, 0) is 0 Å². The molecule has 0 aromatic carbocycles. The highest BCUT2D eigenvalue weighted by atomic mass is 31.1. The van der Waals surface area contributed by atoms with E-state index in [1.807, 2.05) is 0 Å². The zero-order chi connectivity index (χ0) is 8.15. The van der Waals surface area contributed by atoms with E-state index in [4.69, 9.17) is 0 Å². The molecule has 0 saturated heterocycles. The van der Waals surface area contributed by atoms with Gasteiger partial charge in [0.1, 0.15) is 0 Å². The lowest BCUT2D eigenvalue weighted by Gasteiger charge is -1.70. The van der Waals surface area contributed by atoms with Crippen molar-refractivity contribution in [3.63, 3.8) is 0 Å². The predicted octanol–water partition coefficient (Wildman–Crippen LogP) is 1.24. The van der Waals surface area contributed by atoms with Crippen LogP contribution in [0.1, 0.15) is 0 Å². The third kappa shape index (κ3) is 2.03. The fourth-order valence-corrected chi connectivity index (χ4v) is 0.823. The Morgan fingerprint density at radius 1 is 1.10 bits per heavy atom. The first-order valence-corrected chi connectivity index (χ1v) is 3.69. The molecule has 3 nitrogen and oxygen atoms in total. The van der Waals surface area contributed by atoms with Crippen molar-refractivity contribution in [3.8, 4) is 0 Å². The summed E-state index contributed by atoms with van der Waals surface area (Å²) in [7, 11) is -2.47. The Balaban J connectivity index is 4.36. The van der Waals surface area contributed by atoms with E-state index in [0.29, 0.717) is 0 Å². The van der Waals surface area contributed by atoms with Crippen molar-refractivity contribution in [2.24, 2.45) is 0 Å². The monoisotopic (exact) mass is 157 g/mol. The van der Waals surface area contributed by atoms with Crippen molar-refractivity contribution in [1.29, 1.82) is 0 Å². The molecule has 0 amide bonds. The van der Waals surface area contributed by atoms with Gasteiger partial charge in [0.2, 0.25) is 0 Å². The molecule has 0 fully saturated rings. The number of rotatable bonds is 4. The van der Waals surface area contributed by atoms with Crippen LogP contribution in [0.5, 0.6) is 0 Å². The minimum absolute atomic E-state index is 0.750. The van der Waals surface area contributed by atoms with Gasteiger partial charge in [-0.1, -0.05) is 17.7 Å². The summed E-state index contributed by atoms with van der Waals surface area (Å²) in [5.41, 5.74) is -1.50. The summed E-state index contributed by atoms with van der Waals surface area (Å²) in [6.45, 7) is 6.16. The zero-order valence-corrected chi connectivity index (χ0v) is 6.14. The lowest BCUT2D eigenvalue weighted by atomic mass is 10.7. The first-order chi connectivity index (χ1) is 4.63. The van der Waals surface area contributed by atoms with E-state index in [0.717, 1.165) is 12.2 Å². The molecule has 0 saturated carbocycles. The van der Waals surface area contributed by atoms with Gasteiger partial charge in [0.15, 0.2) is 0 Å². The second-order valence-corrected chi connectivity index (χ2v) is 2.85. The van der Waals surface area contributed by atoms with Crippen LogP contribution in [0.2, 0.25) is 0 Å². The average Bonchev–Trinajstić information content (AvgIpc) is 2.00.